The van der Waals surface area contributed by atoms with Gasteiger partial charge in [-0.2, -0.15) is 0 Å². The average molecular weight is 256 g/mol. The van der Waals surface area contributed by atoms with Crippen LogP contribution in [0.2, 0.25) is 0 Å². The van der Waals surface area contributed by atoms with Crippen molar-refractivity contribution in [1.82, 2.24) is 9.80 Å². The van der Waals surface area contributed by atoms with Crippen LogP contribution in [0, 0.1) is 5.92 Å². The predicted octanol–water partition coefficient (Wildman–Crippen LogP) is 0.625. The number of ether oxygens (including phenoxy) is 1. The lowest BCUT2D eigenvalue weighted by Crippen LogP contribution is -2.48. The number of carbonyl (C=O) groups is 2. The number of hydrogen-bond donors (Lipinski definition) is 1. The molecule has 18 heavy (non-hydrogen) atoms. The fourth-order valence-electron chi connectivity index (χ4n) is 2.46. The monoisotopic (exact) mass is 256 g/mol. The van der Waals surface area contributed by atoms with Crippen LogP contribution in [0.15, 0.2) is 0 Å². The first-order chi connectivity index (χ1) is 8.68. The molecule has 0 radical (unpaired) electrons. The molecule has 0 spiro atoms. The first-order valence-corrected chi connectivity index (χ1v) is 6.53. The van der Waals surface area contributed by atoms with E-state index >= 15 is 0 Å². The molecule has 1 N–H and O–H groups in total. The van der Waals surface area contributed by atoms with E-state index in [-0.39, 0.29) is 11.9 Å². The summed E-state index contributed by atoms with van der Waals surface area (Å²) < 4.78 is 5.32. The van der Waals surface area contributed by atoms with Crippen LogP contribution in [0.25, 0.3) is 0 Å². The van der Waals surface area contributed by atoms with Gasteiger partial charge >= 0.3 is 12.0 Å². The molecule has 2 aliphatic heterocycles. The molecule has 0 aliphatic carbocycles. The number of urea groups is 1. The molecule has 2 rings (SSSR count). The topological polar surface area (TPSA) is 70.1 Å². The molecule has 6 heteroatoms. The molecule has 0 atom stereocenters. The maximum atomic E-state index is 12.2. The second-order valence-corrected chi connectivity index (χ2v) is 4.84. The first kappa shape index (κ1) is 13.1. The SMILES string of the molecule is O=C(O)C1CCN(C(=O)N2CCCOCC2)CC1. The summed E-state index contributed by atoms with van der Waals surface area (Å²) in [4.78, 5) is 26.7. The standard InChI is InChI=1S/C12H20N2O4/c15-11(16)10-2-5-14(6-3-10)12(17)13-4-1-8-18-9-7-13/h10H,1-9H2,(H,15,16). The lowest BCUT2D eigenvalue weighted by molar-refractivity contribution is -0.143. The summed E-state index contributed by atoms with van der Waals surface area (Å²) in [5, 5.41) is 8.92. The molecule has 6 nitrogen and oxygen atoms in total. The van der Waals surface area contributed by atoms with Crippen LogP contribution >= 0.6 is 0 Å². The van der Waals surface area contributed by atoms with Gasteiger partial charge in [0, 0.05) is 32.8 Å². The molecule has 2 aliphatic rings. The zero-order valence-corrected chi connectivity index (χ0v) is 10.5. The summed E-state index contributed by atoms with van der Waals surface area (Å²) in [7, 11) is 0. The summed E-state index contributed by atoms with van der Waals surface area (Å²) in [6.45, 7) is 3.78. The molecular weight excluding hydrogens is 236 g/mol. The van der Waals surface area contributed by atoms with Crippen molar-refractivity contribution in [2.45, 2.75) is 19.3 Å². The Labute approximate surface area is 106 Å². The van der Waals surface area contributed by atoms with Crippen molar-refractivity contribution < 1.29 is 19.4 Å². The summed E-state index contributed by atoms with van der Waals surface area (Å²) in [6, 6.07) is 0.0318. The van der Waals surface area contributed by atoms with Crippen molar-refractivity contribution in [2.75, 3.05) is 39.4 Å². The zero-order chi connectivity index (χ0) is 13.0. The number of rotatable bonds is 1. The average Bonchev–Trinajstić information content (AvgIpc) is 2.67. The molecule has 0 unspecified atom stereocenters. The maximum absolute atomic E-state index is 12.2. The van der Waals surface area contributed by atoms with Crippen LogP contribution in [0.1, 0.15) is 19.3 Å². The van der Waals surface area contributed by atoms with Crippen molar-refractivity contribution in [2.24, 2.45) is 5.92 Å². The number of carboxylic acids is 1. The number of piperidine rings is 1. The van der Waals surface area contributed by atoms with E-state index in [4.69, 9.17) is 9.84 Å². The molecular formula is C12H20N2O4. The smallest absolute Gasteiger partial charge is 0.320 e. The van der Waals surface area contributed by atoms with Crippen LogP contribution in [-0.2, 0) is 9.53 Å². The number of amides is 2. The predicted molar refractivity (Wildman–Crippen MR) is 64.3 cm³/mol. The van der Waals surface area contributed by atoms with Gasteiger partial charge in [0.15, 0.2) is 0 Å². The number of carboxylic acid groups (broad SMARTS) is 1. The Kier molecular flexibility index (Phi) is 4.41. The third-order valence-corrected chi connectivity index (χ3v) is 3.61. The summed E-state index contributed by atoms with van der Waals surface area (Å²) >= 11 is 0. The normalized spacial score (nSPS) is 22.7. The molecule has 2 heterocycles. The largest absolute Gasteiger partial charge is 0.481 e. The van der Waals surface area contributed by atoms with Gasteiger partial charge in [0.05, 0.1) is 12.5 Å². The van der Waals surface area contributed by atoms with Crippen LogP contribution in [0.5, 0.6) is 0 Å². The van der Waals surface area contributed by atoms with Crippen LogP contribution < -0.4 is 0 Å². The molecule has 0 aromatic heterocycles. The number of likely N-dealkylation sites (tertiary alicyclic amines) is 1. The molecule has 102 valence electrons. The van der Waals surface area contributed by atoms with E-state index in [1.807, 2.05) is 4.90 Å². The Morgan fingerprint density at radius 2 is 1.67 bits per heavy atom. The van der Waals surface area contributed by atoms with E-state index in [9.17, 15) is 9.59 Å². The molecule has 0 bridgehead atoms. The van der Waals surface area contributed by atoms with Crippen molar-refractivity contribution in [1.29, 1.82) is 0 Å². The quantitative estimate of drug-likeness (QED) is 0.747. The first-order valence-electron chi connectivity index (χ1n) is 6.53. The Morgan fingerprint density at radius 3 is 2.33 bits per heavy atom. The molecule has 0 saturated carbocycles. The highest BCUT2D eigenvalue weighted by Gasteiger charge is 2.29. The fraction of sp³-hybridized carbons (Fsp3) is 0.833. The number of nitrogens with zero attached hydrogens (tertiary/aromatic N) is 2. The molecule has 2 amide bonds. The molecule has 0 aromatic rings. The molecule has 2 saturated heterocycles. The summed E-state index contributed by atoms with van der Waals surface area (Å²) in [6.07, 6.45) is 1.99. The van der Waals surface area contributed by atoms with E-state index in [1.165, 1.54) is 0 Å². The zero-order valence-electron chi connectivity index (χ0n) is 10.5. The minimum Gasteiger partial charge on any atom is -0.481 e. The molecule has 0 aromatic carbocycles. The Hall–Kier alpha value is -1.30. The van der Waals surface area contributed by atoms with Gasteiger partial charge in [-0.3, -0.25) is 4.79 Å². The van der Waals surface area contributed by atoms with Crippen LogP contribution in [-0.4, -0.2) is 66.3 Å². The third kappa shape index (κ3) is 3.13. The number of aliphatic carboxylic acids is 1. The van der Waals surface area contributed by atoms with Crippen molar-refractivity contribution in [3.05, 3.63) is 0 Å². The highest BCUT2D eigenvalue weighted by molar-refractivity contribution is 5.75. The van der Waals surface area contributed by atoms with Gasteiger partial charge in [0.25, 0.3) is 0 Å². The second-order valence-electron chi connectivity index (χ2n) is 4.84. The second kappa shape index (κ2) is 6.04. The Balaban J connectivity index is 1.84. The van der Waals surface area contributed by atoms with Gasteiger partial charge in [-0.25, -0.2) is 4.79 Å². The highest BCUT2D eigenvalue weighted by Crippen LogP contribution is 2.18. The fourth-order valence-corrected chi connectivity index (χ4v) is 2.46. The van der Waals surface area contributed by atoms with Gasteiger partial charge < -0.3 is 19.6 Å². The lowest BCUT2D eigenvalue weighted by atomic mass is 9.97. The number of hydrogen-bond acceptors (Lipinski definition) is 3. The van der Waals surface area contributed by atoms with Gasteiger partial charge in [0.2, 0.25) is 0 Å². The maximum Gasteiger partial charge on any atom is 0.320 e. The number of carbonyl (C=O) groups excluding carboxylic acids is 1. The van der Waals surface area contributed by atoms with E-state index in [2.05, 4.69) is 0 Å². The molecule has 2 fully saturated rings. The lowest BCUT2D eigenvalue weighted by Gasteiger charge is -2.34. The van der Waals surface area contributed by atoms with Gasteiger partial charge in [0.1, 0.15) is 0 Å². The van der Waals surface area contributed by atoms with Crippen molar-refractivity contribution in [3.63, 3.8) is 0 Å². The van der Waals surface area contributed by atoms with Gasteiger partial charge in [-0.05, 0) is 19.3 Å². The van der Waals surface area contributed by atoms with Crippen molar-refractivity contribution >= 4 is 12.0 Å². The highest BCUT2D eigenvalue weighted by atomic mass is 16.5. The van der Waals surface area contributed by atoms with Gasteiger partial charge in [-0.1, -0.05) is 0 Å². The Morgan fingerprint density at radius 1 is 1.00 bits per heavy atom. The Bertz CT molecular complexity index is 305. The van der Waals surface area contributed by atoms with Crippen LogP contribution in [0.4, 0.5) is 4.79 Å². The summed E-state index contributed by atoms with van der Waals surface area (Å²) in [5.41, 5.74) is 0. The minimum absolute atomic E-state index is 0.0318. The van der Waals surface area contributed by atoms with Crippen LogP contribution in [0.3, 0.4) is 0 Å². The van der Waals surface area contributed by atoms with Crippen molar-refractivity contribution in [3.8, 4) is 0 Å². The van der Waals surface area contributed by atoms with E-state index < -0.39 is 5.97 Å². The van der Waals surface area contributed by atoms with E-state index in [1.54, 1.807) is 4.90 Å². The van der Waals surface area contributed by atoms with Gasteiger partial charge in [-0.15, -0.1) is 0 Å². The third-order valence-electron chi connectivity index (χ3n) is 3.61. The minimum atomic E-state index is -0.745. The van der Waals surface area contributed by atoms with E-state index in [0.717, 1.165) is 13.0 Å². The van der Waals surface area contributed by atoms with E-state index in [0.29, 0.717) is 45.7 Å². The summed E-state index contributed by atoms with van der Waals surface area (Å²) in [5.74, 6) is -1.04.